The van der Waals surface area contributed by atoms with Crippen molar-refractivity contribution in [3.05, 3.63) is 42.0 Å². The first-order chi connectivity index (χ1) is 11.8. The second-order valence-electron chi connectivity index (χ2n) is 6.13. The van der Waals surface area contributed by atoms with Gasteiger partial charge in [0.2, 0.25) is 0 Å². The van der Waals surface area contributed by atoms with Gasteiger partial charge in [-0.2, -0.15) is 0 Å². The summed E-state index contributed by atoms with van der Waals surface area (Å²) in [5.74, 6) is 1.71. The van der Waals surface area contributed by atoms with Crippen LogP contribution in [-0.2, 0) is 13.1 Å². The minimum atomic E-state index is 0.217. The number of nitrogens with two attached hydrogens (primary N) is 1. The van der Waals surface area contributed by atoms with E-state index in [1.165, 1.54) is 11.1 Å². The first-order valence-corrected chi connectivity index (χ1v) is 8.41. The van der Waals surface area contributed by atoms with Gasteiger partial charge in [0, 0.05) is 43.7 Å². The maximum absolute atomic E-state index is 6.07. The summed E-state index contributed by atoms with van der Waals surface area (Å²) in [4.78, 5) is 6.52. The van der Waals surface area contributed by atoms with Crippen LogP contribution < -0.4 is 15.2 Å². The molecule has 0 radical (unpaired) electrons. The number of imidazole rings is 1. The van der Waals surface area contributed by atoms with Gasteiger partial charge in [-0.1, -0.05) is 0 Å². The number of ether oxygens (including phenoxy) is 2. The predicted molar refractivity (Wildman–Crippen MR) is 93.2 cm³/mol. The summed E-state index contributed by atoms with van der Waals surface area (Å²) in [5, 5.41) is 0. The number of aryl methyl sites for hydroxylation is 1. The maximum Gasteiger partial charge on any atom is 0.127 e. The zero-order chi connectivity index (χ0) is 16.9. The molecule has 6 heteroatoms. The molecule has 0 aliphatic carbocycles. The average Bonchev–Trinajstić information content (AvgIpc) is 3.24. The van der Waals surface area contributed by atoms with E-state index in [-0.39, 0.29) is 6.04 Å². The standard InChI is InChI=1S/C18H26N4O2/c1-23-15-9-14-12-22(7-4-3-6-21-8-5-20-13-21)16(11-19)18(14)17(10-15)24-2/h5,8-10,13,16H,3-4,6-7,11-12,19H2,1-2H3. The van der Waals surface area contributed by atoms with Gasteiger partial charge < -0.3 is 19.8 Å². The summed E-state index contributed by atoms with van der Waals surface area (Å²) in [6.45, 7) is 3.52. The van der Waals surface area contributed by atoms with Crippen molar-refractivity contribution in [2.24, 2.45) is 5.73 Å². The van der Waals surface area contributed by atoms with Crippen molar-refractivity contribution in [1.29, 1.82) is 0 Å². The fourth-order valence-electron chi connectivity index (χ4n) is 3.49. The molecule has 0 spiro atoms. The minimum Gasteiger partial charge on any atom is -0.497 e. The monoisotopic (exact) mass is 330 g/mol. The molecule has 1 atom stereocenters. The third-order valence-corrected chi connectivity index (χ3v) is 4.70. The molecule has 24 heavy (non-hydrogen) atoms. The maximum atomic E-state index is 6.07. The van der Waals surface area contributed by atoms with Crippen LogP contribution in [-0.4, -0.2) is 41.8 Å². The number of aromatic nitrogens is 2. The number of benzene rings is 1. The lowest BCUT2D eigenvalue weighted by molar-refractivity contribution is 0.212. The van der Waals surface area contributed by atoms with Crippen molar-refractivity contribution >= 4 is 0 Å². The largest absolute Gasteiger partial charge is 0.497 e. The van der Waals surface area contributed by atoms with E-state index in [9.17, 15) is 0 Å². The van der Waals surface area contributed by atoms with Gasteiger partial charge in [0.05, 0.1) is 26.6 Å². The van der Waals surface area contributed by atoms with E-state index in [4.69, 9.17) is 15.2 Å². The lowest BCUT2D eigenvalue weighted by Crippen LogP contribution is -2.29. The Bertz CT molecular complexity index is 657. The first kappa shape index (κ1) is 16.8. The van der Waals surface area contributed by atoms with Crippen LogP contribution in [0.2, 0.25) is 0 Å². The number of nitrogens with zero attached hydrogens (tertiary/aromatic N) is 3. The van der Waals surface area contributed by atoms with Crippen LogP contribution in [0.25, 0.3) is 0 Å². The fourth-order valence-corrected chi connectivity index (χ4v) is 3.49. The summed E-state index contributed by atoms with van der Waals surface area (Å²) in [6.07, 6.45) is 7.95. The summed E-state index contributed by atoms with van der Waals surface area (Å²) >= 11 is 0. The quantitative estimate of drug-likeness (QED) is 0.752. The van der Waals surface area contributed by atoms with E-state index in [0.29, 0.717) is 6.54 Å². The second-order valence-corrected chi connectivity index (χ2v) is 6.13. The van der Waals surface area contributed by atoms with Gasteiger partial charge in [-0.3, -0.25) is 4.90 Å². The highest BCUT2D eigenvalue weighted by molar-refractivity contribution is 5.50. The molecule has 0 amide bonds. The second kappa shape index (κ2) is 7.68. The van der Waals surface area contributed by atoms with Crippen molar-refractivity contribution in [2.75, 3.05) is 27.3 Å². The lowest BCUT2D eigenvalue weighted by Gasteiger charge is -2.24. The first-order valence-electron chi connectivity index (χ1n) is 8.41. The van der Waals surface area contributed by atoms with Crippen molar-refractivity contribution < 1.29 is 9.47 Å². The number of hydrogen-bond donors (Lipinski definition) is 1. The smallest absolute Gasteiger partial charge is 0.127 e. The number of hydrogen-bond acceptors (Lipinski definition) is 5. The van der Waals surface area contributed by atoms with E-state index >= 15 is 0 Å². The Hall–Kier alpha value is -2.05. The van der Waals surface area contributed by atoms with Gasteiger partial charge >= 0.3 is 0 Å². The molecule has 0 saturated carbocycles. The summed E-state index contributed by atoms with van der Waals surface area (Å²) in [6, 6.07) is 4.27. The lowest BCUT2D eigenvalue weighted by atomic mass is 10.0. The van der Waals surface area contributed by atoms with Gasteiger partial charge in [0.15, 0.2) is 0 Å². The molecule has 0 saturated heterocycles. The summed E-state index contributed by atoms with van der Waals surface area (Å²) < 4.78 is 13.1. The van der Waals surface area contributed by atoms with Crippen LogP contribution in [0.3, 0.4) is 0 Å². The molecule has 3 rings (SSSR count). The third kappa shape index (κ3) is 3.39. The molecule has 2 N–H and O–H groups in total. The normalized spacial score (nSPS) is 17.0. The van der Waals surface area contributed by atoms with Crippen LogP contribution in [0.5, 0.6) is 11.5 Å². The molecule has 0 bridgehead atoms. The Kier molecular flexibility index (Phi) is 5.37. The number of rotatable bonds is 8. The highest BCUT2D eigenvalue weighted by Crippen LogP contribution is 2.41. The van der Waals surface area contributed by atoms with E-state index < -0.39 is 0 Å². The molecule has 2 aromatic rings. The zero-order valence-electron chi connectivity index (χ0n) is 14.4. The topological polar surface area (TPSA) is 65.5 Å². The Morgan fingerprint density at radius 1 is 1.21 bits per heavy atom. The molecule has 0 fully saturated rings. The molecular formula is C18H26N4O2. The van der Waals surface area contributed by atoms with Gasteiger partial charge in [0.1, 0.15) is 11.5 Å². The predicted octanol–water partition coefficient (Wildman–Crippen LogP) is 2.20. The molecule has 1 unspecified atom stereocenters. The van der Waals surface area contributed by atoms with Crippen LogP contribution in [0.4, 0.5) is 0 Å². The van der Waals surface area contributed by atoms with Crippen molar-refractivity contribution in [2.45, 2.75) is 32.0 Å². The van der Waals surface area contributed by atoms with Gasteiger partial charge in [-0.15, -0.1) is 0 Å². The molecular weight excluding hydrogens is 304 g/mol. The Morgan fingerprint density at radius 3 is 2.71 bits per heavy atom. The van der Waals surface area contributed by atoms with Crippen LogP contribution in [0.15, 0.2) is 30.9 Å². The summed E-state index contributed by atoms with van der Waals surface area (Å²) in [7, 11) is 3.39. The SMILES string of the molecule is COc1cc2c(c(OC)c1)C(CN)N(CCCCn1ccnc1)C2. The van der Waals surface area contributed by atoms with E-state index in [1.807, 2.05) is 24.8 Å². The zero-order valence-corrected chi connectivity index (χ0v) is 14.4. The molecule has 2 heterocycles. The fraction of sp³-hybridized carbons (Fsp3) is 0.500. The number of unbranched alkanes of at least 4 members (excludes halogenated alkanes) is 1. The van der Waals surface area contributed by atoms with Crippen molar-refractivity contribution in [3.8, 4) is 11.5 Å². The van der Waals surface area contributed by atoms with Gasteiger partial charge in [-0.25, -0.2) is 4.98 Å². The minimum absolute atomic E-state index is 0.217. The number of methoxy groups -OCH3 is 2. The summed E-state index contributed by atoms with van der Waals surface area (Å²) in [5.41, 5.74) is 8.55. The Labute approximate surface area is 143 Å². The van der Waals surface area contributed by atoms with Gasteiger partial charge in [-0.05, 0) is 31.0 Å². The van der Waals surface area contributed by atoms with Gasteiger partial charge in [0.25, 0.3) is 0 Å². The molecule has 1 aliphatic rings. The van der Waals surface area contributed by atoms with E-state index in [1.54, 1.807) is 14.2 Å². The Balaban J connectivity index is 1.65. The molecule has 1 aromatic carbocycles. The highest BCUT2D eigenvalue weighted by Gasteiger charge is 2.32. The average molecular weight is 330 g/mol. The van der Waals surface area contributed by atoms with Crippen molar-refractivity contribution in [1.82, 2.24) is 14.5 Å². The Morgan fingerprint density at radius 2 is 2.04 bits per heavy atom. The highest BCUT2D eigenvalue weighted by atomic mass is 16.5. The van der Waals surface area contributed by atoms with Crippen molar-refractivity contribution in [3.63, 3.8) is 0 Å². The molecule has 130 valence electrons. The van der Waals surface area contributed by atoms with Crippen LogP contribution in [0, 0.1) is 0 Å². The molecule has 1 aliphatic heterocycles. The number of fused-ring (bicyclic) bond motifs is 1. The van der Waals surface area contributed by atoms with Crippen LogP contribution in [0.1, 0.15) is 30.0 Å². The van der Waals surface area contributed by atoms with E-state index in [0.717, 1.165) is 44.0 Å². The van der Waals surface area contributed by atoms with E-state index in [2.05, 4.69) is 20.5 Å². The molecule has 1 aromatic heterocycles. The van der Waals surface area contributed by atoms with Crippen LogP contribution >= 0.6 is 0 Å². The third-order valence-electron chi connectivity index (χ3n) is 4.70. The molecule has 6 nitrogen and oxygen atoms in total.